The van der Waals surface area contributed by atoms with Crippen molar-refractivity contribution >= 4 is 23.4 Å². The molecule has 116 valence electrons. The Morgan fingerprint density at radius 2 is 2.14 bits per heavy atom. The van der Waals surface area contributed by atoms with Gasteiger partial charge >= 0.3 is 0 Å². The van der Waals surface area contributed by atoms with Crippen LogP contribution in [0.2, 0.25) is 5.02 Å². The number of thioether (sulfide) groups is 1. The van der Waals surface area contributed by atoms with Gasteiger partial charge in [0.1, 0.15) is 5.82 Å². The largest absolute Gasteiger partial charge is 0.388 e. The molecular weight excluding hydrogens is 311 g/mol. The fourth-order valence-electron chi connectivity index (χ4n) is 3.40. The van der Waals surface area contributed by atoms with Crippen LogP contribution in [-0.2, 0) is 4.74 Å². The van der Waals surface area contributed by atoms with Gasteiger partial charge in [-0.3, -0.25) is 0 Å². The zero-order valence-electron chi connectivity index (χ0n) is 11.9. The summed E-state index contributed by atoms with van der Waals surface area (Å²) in [6.45, 7) is 0.696. The molecule has 2 nitrogen and oxygen atoms in total. The monoisotopic (exact) mass is 330 g/mol. The van der Waals surface area contributed by atoms with Crippen LogP contribution in [0.1, 0.15) is 37.4 Å². The van der Waals surface area contributed by atoms with E-state index in [0.717, 1.165) is 37.2 Å². The zero-order chi connectivity index (χ0) is 14.9. The molecule has 0 saturated carbocycles. The Labute approximate surface area is 134 Å². The molecule has 1 spiro atoms. The van der Waals surface area contributed by atoms with Crippen LogP contribution in [0.4, 0.5) is 4.39 Å². The second-order valence-corrected chi connectivity index (χ2v) is 7.65. The number of hydrogen-bond acceptors (Lipinski definition) is 3. The van der Waals surface area contributed by atoms with Gasteiger partial charge < -0.3 is 9.84 Å². The second kappa shape index (κ2) is 6.45. The molecule has 21 heavy (non-hydrogen) atoms. The standard InChI is InChI=1S/C16H20ClFO2S/c17-13-9-11(1-2-14(13)18)15(19)12-3-6-20-16(10-12)4-7-21-8-5-16/h1-2,9,12,15,19H,3-8,10H2. The van der Waals surface area contributed by atoms with Gasteiger partial charge in [0.25, 0.3) is 0 Å². The lowest BCUT2D eigenvalue weighted by Crippen LogP contribution is -2.44. The lowest BCUT2D eigenvalue weighted by Gasteiger charge is -2.44. The third kappa shape index (κ3) is 3.39. The van der Waals surface area contributed by atoms with E-state index >= 15 is 0 Å². The molecule has 3 rings (SSSR count). The van der Waals surface area contributed by atoms with Gasteiger partial charge in [0.05, 0.1) is 16.7 Å². The molecule has 2 aliphatic rings. The number of benzene rings is 1. The van der Waals surface area contributed by atoms with E-state index in [1.807, 2.05) is 11.8 Å². The first kappa shape index (κ1) is 15.6. The number of aliphatic hydroxyl groups excluding tert-OH is 1. The summed E-state index contributed by atoms with van der Waals surface area (Å²) in [5.41, 5.74) is 0.646. The van der Waals surface area contributed by atoms with Gasteiger partial charge in [0, 0.05) is 6.61 Å². The maximum atomic E-state index is 13.3. The molecule has 2 unspecified atom stereocenters. The van der Waals surface area contributed by atoms with Crippen LogP contribution in [0.5, 0.6) is 0 Å². The van der Waals surface area contributed by atoms with Crippen molar-refractivity contribution in [1.29, 1.82) is 0 Å². The Hall–Kier alpha value is -0.290. The van der Waals surface area contributed by atoms with Crippen LogP contribution >= 0.6 is 23.4 Å². The Balaban J connectivity index is 1.74. The summed E-state index contributed by atoms with van der Waals surface area (Å²) in [4.78, 5) is 0. The summed E-state index contributed by atoms with van der Waals surface area (Å²) < 4.78 is 19.3. The van der Waals surface area contributed by atoms with Crippen LogP contribution in [0.15, 0.2) is 18.2 Å². The minimum absolute atomic E-state index is 0.0566. The van der Waals surface area contributed by atoms with E-state index in [1.54, 1.807) is 12.1 Å². The maximum Gasteiger partial charge on any atom is 0.141 e. The molecule has 2 saturated heterocycles. The van der Waals surface area contributed by atoms with Crippen LogP contribution < -0.4 is 0 Å². The number of halogens is 2. The number of hydrogen-bond donors (Lipinski definition) is 1. The third-order valence-electron chi connectivity index (χ3n) is 4.67. The molecule has 1 aromatic rings. The van der Waals surface area contributed by atoms with Crippen LogP contribution in [0.3, 0.4) is 0 Å². The van der Waals surface area contributed by atoms with Gasteiger partial charge in [-0.25, -0.2) is 4.39 Å². The summed E-state index contributed by atoms with van der Waals surface area (Å²) >= 11 is 7.80. The first-order valence-electron chi connectivity index (χ1n) is 7.44. The van der Waals surface area contributed by atoms with E-state index < -0.39 is 11.9 Å². The van der Waals surface area contributed by atoms with Crippen molar-refractivity contribution in [2.75, 3.05) is 18.1 Å². The average molecular weight is 331 g/mol. The molecule has 2 heterocycles. The van der Waals surface area contributed by atoms with E-state index in [2.05, 4.69) is 0 Å². The molecule has 0 amide bonds. The Morgan fingerprint density at radius 3 is 2.86 bits per heavy atom. The molecule has 2 aliphatic heterocycles. The maximum absolute atomic E-state index is 13.3. The highest BCUT2D eigenvalue weighted by molar-refractivity contribution is 7.99. The average Bonchev–Trinajstić information content (AvgIpc) is 2.50. The minimum atomic E-state index is -0.599. The third-order valence-corrected chi connectivity index (χ3v) is 5.94. The molecular formula is C16H20ClFO2S. The topological polar surface area (TPSA) is 29.5 Å². The van der Waals surface area contributed by atoms with Crippen molar-refractivity contribution in [2.45, 2.75) is 37.4 Å². The van der Waals surface area contributed by atoms with Crippen LogP contribution in [0.25, 0.3) is 0 Å². The summed E-state index contributed by atoms with van der Waals surface area (Å²) in [7, 11) is 0. The fraction of sp³-hybridized carbons (Fsp3) is 0.625. The predicted molar refractivity (Wildman–Crippen MR) is 84.3 cm³/mol. The Morgan fingerprint density at radius 1 is 1.38 bits per heavy atom. The number of rotatable bonds is 2. The smallest absolute Gasteiger partial charge is 0.141 e. The predicted octanol–water partition coefficient (Wildman–Crippen LogP) is 4.20. The second-order valence-electron chi connectivity index (χ2n) is 6.02. The minimum Gasteiger partial charge on any atom is -0.388 e. The Bertz CT molecular complexity index is 500. The van der Waals surface area contributed by atoms with Crippen molar-refractivity contribution in [3.05, 3.63) is 34.6 Å². The first-order valence-corrected chi connectivity index (χ1v) is 8.98. The molecule has 0 aliphatic carbocycles. The summed E-state index contributed by atoms with van der Waals surface area (Å²) in [5.74, 6) is 1.97. The van der Waals surface area contributed by atoms with Gasteiger partial charge in [-0.05, 0) is 60.8 Å². The molecule has 1 N–H and O–H groups in total. The quantitative estimate of drug-likeness (QED) is 0.881. The molecule has 0 radical (unpaired) electrons. The van der Waals surface area contributed by atoms with E-state index in [0.29, 0.717) is 12.2 Å². The molecule has 2 atom stereocenters. The van der Waals surface area contributed by atoms with Crippen molar-refractivity contribution < 1.29 is 14.2 Å². The van der Waals surface area contributed by atoms with Gasteiger partial charge in [-0.2, -0.15) is 11.8 Å². The summed E-state index contributed by atoms with van der Waals surface area (Å²) in [5, 5.41) is 10.7. The lowest BCUT2D eigenvalue weighted by molar-refractivity contribution is -0.121. The van der Waals surface area contributed by atoms with Crippen molar-refractivity contribution in [3.8, 4) is 0 Å². The van der Waals surface area contributed by atoms with Gasteiger partial charge in [0.2, 0.25) is 0 Å². The molecule has 5 heteroatoms. The fourth-order valence-corrected chi connectivity index (χ4v) is 4.82. The van der Waals surface area contributed by atoms with Crippen LogP contribution in [-0.4, -0.2) is 28.8 Å². The molecule has 1 aromatic carbocycles. The van der Waals surface area contributed by atoms with Gasteiger partial charge in [-0.1, -0.05) is 17.7 Å². The van der Waals surface area contributed by atoms with Crippen molar-refractivity contribution in [2.24, 2.45) is 5.92 Å². The molecule has 2 fully saturated rings. The Kier molecular flexibility index (Phi) is 4.79. The summed E-state index contributed by atoms with van der Waals surface area (Å²) in [6, 6.07) is 4.50. The molecule has 0 aromatic heterocycles. The highest BCUT2D eigenvalue weighted by Gasteiger charge is 2.41. The summed E-state index contributed by atoms with van der Waals surface area (Å²) in [6.07, 6.45) is 3.24. The molecule has 0 bridgehead atoms. The zero-order valence-corrected chi connectivity index (χ0v) is 13.4. The first-order chi connectivity index (χ1) is 10.1. The van der Waals surface area contributed by atoms with Crippen LogP contribution in [0, 0.1) is 11.7 Å². The van der Waals surface area contributed by atoms with Crippen molar-refractivity contribution in [3.63, 3.8) is 0 Å². The lowest BCUT2D eigenvalue weighted by atomic mass is 9.78. The normalized spacial score (nSPS) is 26.7. The number of ether oxygens (including phenoxy) is 1. The van der Waals surface area contributed by atoms with E-state index in [9.17, 15) is 9.50 Å². The van der Waals surface area contributed by atoms with E-state index in [4.69, 9.17) is 16.3 Å². The SMILES string of the molecule is OC(c1ccc(F)c(Cl)c1)C1CCOC2(CCSCC2)C1. The van der Waals surface area contributed by atoms with E-state index in [-0.39, 0.29) is 16.5 Å². The van der Waals surface area contributed by atoms with E-state index in [1.165, 1.54) is 6.07 Å². The highest BCUT2D eigenvalue weighted by atomic mass is 35.5. The highest BCUT2D eigenvalue weighted by Crippen LogP contribution is 2.43. The van der Waals surface area contributed by atoms with Gasteiger partial charge in [-0.15, -0.1) is 0 Å². The number of aliphatic hydroxyl groups is 1. The van der Waals surface area contributed by atoms with Gasteiger partial charge in [0.15, 0.2) is 0 Å². The van der Waals surface area contributed by atoms with Crippen molar-refractivity contribution in [1.82, 2.24) is 0 Å².